The summed E-state index contributed by atoms with van der Waals surface area (Å²) < 4.78 is 6.74. The van der Waals surface area contributed by atoms with Gasteiger partial charge in [0.1, 0.15) is 5.75 Å². The molecule has 2 aromatic rings. The van der Waals surface area contributed by atoms with Gasteiger partial charge in [-0.2, -0.15) is 0 Å². The van der Waals surface area contributed by atoms with Gasteiger partial charge in [0.05, 0.1) is 12.3 Å². The van der Waals surface area contributed by atoms with Crippen molar-refractivity contribution >= 4 is 21.6 Å². The van der Waals surface area contributed by atoms with Gasteiger partial charge in [0, 0.05) is 11.0 Å². The van der Waals surface area contributed by atoms with Crippen molar-refractivity contribution in [2.75, 3.05) is 11.9 Å². The SMILES string of the molecule is CCOc1ccccc1NCc1ccc(C)c(Br)c1. The van der Waals surface area contributed by atoms with E-state index >= 15 is 0 Å². The first kappa shape index (κ1) is 13.9. The first-order valence-corrected chi connectivity index (χ1v) is 7.20. The fourth-order valence-corrected chi connectivity index (χ4v) is 2.26. The highest BCUT2D eigenvalue weighted by Gasteiger charge is 2.02. The quantitative estimate of drug-likeness (QED) is 0.857. The van der Waals surface area contributed by atoms with E-state index in [-0.39, 0.29) is 0 Å². The number of nitrogens with one attached hydrogen (secondary N) is 1. The topological polar surface area (TPSA) is 21.3 Å². The van der Waals surface area contributed by atoms with Gasteiger partial charge in [0.15, 0.2) is 0 Å². The highest BCUT2D eigenvalue weighted by molar-refractivity contribution is 9.10. The molecule has 0 radical (unpaired) electrons. The van der Waals surface area contributed by atoms with Crippen molar-refractivity contribution in [2.24, 2.45) is 0 Å². The first-order chi connectivity index (χ1) is 9.20. The number of aryl methyl sites for hydroxylation is 1. The van der Waals surface area contributed by atoms with E-state index in [0.29, 0.717) is 6.61 Å². The van der Waals surface area contributed by atoms with E-state index in [0.717, 1.165) is 22.5 Å². The van der Waals surface area contributed by atoms with Gasteiger partial charge >= 0.3 is 0 Å². The summed E-state index contributed by atoms with van der Waals surface area (Å²) in [4.78, 5) is 0. The number of halogens is 1. The summed E-state index contributed by atoms with van der Waals surface area (Å²) >= 11 is 3.56. The monoisotopic (exact) mass is 319 g/mol. The molecule has 0 saturated carbocycles. The number of hydrogen-bond acceptors (Lipinski definition) is 2. The van der Waals surface area contributed by atoms with E-state index in [1.807, 2.05) is 31.2 Å². The minimum atomic E-state index is 0.675. The van der Waals surface area contributed by atoms with Crippen LogP contribution in [0.25, 0.3) is 0 Å². The molecular formula is C16H18BrNO. The molecule has 1 N–H and O–H groups in total. The van der Waals surface area contributed by atoms with Crippen LogP contribution in [0.1, 0.15) is 18.1 Å². The number of ether oxygens (including phenoxy) is 1. The zero-order valence-electron chi connectivity index (χ0n) is 11.2. The Morgan fingerprint density at radius 1 is 1.16 bits per heavy atom. The Labute approximate surface area is 122 Å². The lowest BCUT2D eigenvalue weighted by Crippen LogP contribution is -2.02. The Kier molecular flexibility index (Phi) is 4.86. The second kappa shape index (κ2) is 6.62. The van der Waals surface area contributed by atoms with Crippen LogP contribution >= 0.6 is 15.9 Å². The van der Waals surface area contributed by atoms with E-state index in [1.54, 1.807) is 0 Å². The zero-order valence-corrected chi connectivity index (χ0v) is 12.8. The molecule has 0 aliphatic carbocycles. The Balaban J connectivity index is 2.07. The van der Waals surface area contributed by atoms with Crippen LogP contribution in [-0.4, -0.2) is 6.61 Å². The Bertz CT molecular complexity index is 554. The van der Waals surface area contributed by atoms with E-state index in [9.17, 15) is 0 Å². The summed E-state index contributed by atoms with van der Waals surface area (Å²) in [5.74, 6) is 0.899. The third-order valence-corrected chi connectivity index (χ3v) is 3.76. The van der Waals surface area contributed by atoms with Crippen molar-refractivity contribution in [3.8, 4) is 5.75 Å². The largest absolute Gasteiger partial charge is 0.492 e. The molecule has 0 aromatic heterocycles. The fourth-order valence-electron chi connectivity index (χ4n) is 1.84. The van der Waals surface area contributed by atoms with Crippen LogP contribution in [0.3, 0.4) is 0 Å². The van der Waals surface area contributed by atoms with Crippen molar-refractivity contribution in [1.29, 1.82) is 0 Å². The molecule has 2 nitrogen and oxygen atoms in total. The van der Waals surface area contributed by atoms with Crippen LogP contribution in [0.2, 0.25) is 0 Å². The van der Waals surface area contributed by atoms with Crippen LogP contribution in [0.4, 0.5) is 5.69 Å². The van der Waals surface area contributed by atoms with Crippen LogP contribution in [0.15, 0.2) is 46.9 Å². The summed E-state index contributed by atoms with van der Waals surface area (Å²) in [6.07, 6.45) is 0. The molecule has 2 rings (SSSR count). The molecule has 0 fully saturated rings. The van der Waals surface area contributed by atoms with Crippen molar-refractivity contribution < 1.29 is 4.74 Å². The second-order valence-electron chi connectivity index (χ2n) is 4.37. The molecule has 0 aliphatic rings. The molecule has 0 saturated heterocycles. The smallest absolute Gasteiger partial charge is 0.142 e. The summed E-state index contributed by atoms with van der Waals surface area (Å²) in [5, 5.41) is 3.42. The average Bonchev–Trinajstić information content (AvgIpc) is 2.42. The van der Waals surface area contributed by atoms with Gasteiger partial charge in [0.25, 0.3) is 0 Å². The van der Waals surface area contributed by atoms with Gasteiger partial charge in [-0.3, -0.25) is 0 Å². The first-order valence-electron chi connectivity index (χ1n) is 6.41. The summed E-state index contributed by atoms with van der Waals surface area (Å²) in [6, 6.07) is 14.4. The number of hydrogen-bond donors (Lipinski definition) is 1. The van der Waals surface area contributed by atoms with Gasteiger partial charge in [-0.05, 0) is 43.2 Å². The molecule has 0 heterocycles. The van der Waals surface area contributed by atoms with E-state index in [2.05, 4.69) is 46.4 Å². The van der Waals surface area contributed by atoms with Crippen molar-refractivity contribution in [3.05, 3.63) is 58.1 Å². The Morgan fingerprint density at radius 2 is 1.95 bits per heavy atom. The van der Waals surface area contributed by atoms with E-state index in [4.69, 9.17) is 4.74 Å². The van der Waals surface area contributed by atoms with Crippen LogP contribution in [0, 0.1) is 6.92 Å². The van der Waals surface area contributed by atoms with E-state index in [1.165, 1.54) is 11.1 Å². The van der Waals surface area contributed by atoms with Crippen molar-refractivity contribution in [3.63, 3.8) is 0 Å². The summed E-state index contributed by atoms with van der Waals surface area (Å²) in [6.45, 7) is 5.54. The van der Waals surface area contributed by atoms with Crippen molar-refractivity contribution in [2.45, 2.75) is 20.4 Å². The minimum Gasteiger partial charge on any atom is -0.492 e. The highest BCUT2D eigenvalue weighted by atomic mass is 79.9. The lowest BCUT2D eigenvalue weighted by molar-refractivity contribution is 0.341. The Hall–Kier alpha value is -1.48. The van der Waals surface area contributed by atoms with Gasteiger partial charge in [-0.25, -0.2) is 0 Å². The molecule has 0 aliphatic heterocycles. The maximum Gasteiger partial charge on any atom is 0.142 e. The summed E-state index contributed by atoms with van der Waals surface area (Å²) in [7, 11) is 0. The molecular weight excluding hydrogens is 302 g/mol. The average molecular weight is 320 g/mol. The molecule has 0 atom stereocenters. The van der Waals surface area contributed by atoms with Gasteiger partial charge < -0.3 is 10.1 Å². The van der Waals surface area contributed by atoms with E-state index < -0.39 is 0 Å². The maximum absolute atomic E-state index is 5.60. The molecule has 0 amide bonds. The molecule has 0 bridgehead atoms. The third kappa shape index (κ3) is 3.74. The molecule has 19 heavy (non-hydrogen) atoms. The van der Waals surface area contributed by atoms with Crippen molar-refractivity contribution in [1.82, 2.24) is 0 Å². The normalized spacial score (nSPS) is 10.3. The predicted octanol–water partition coefficient (Wildman–Crippen LogP) is 4.77. The minimum absolute atomic E-state index is 0.675. The molecule has 3 heteroatoms. The van der Waals surface area contributed by atoms with Crippen LogP contribution < -0.4 is 10.1 Å². The van der Waals surface area contributed by atoms with Crippen LogP contribution in [0.5, 0.6) is 5.75 Å². The number of rotatable bonds is 5. The van der Waals surface area contributed by atoms with Gasteiger partial charge in [-0.15, -0.1) is 0 Å². The fraction of sp³-hybridized carbons (Fsp3) is 0.250. The molecule has 0 spiro atoms. The lowest BCUT2D eigenvalue weighted by atomic mass is 10.1. The molecule has 100 valence electrons. The second-order valence-corrected chi connectivity index (χ2v) is 5.22. The number of para-hydroxylation sites is 2. The summed E-state index contributed by atoms with van der Waals surface area (Å²) in [5.41, 5.74) is 3.52. The standard InChI is InChI=1S/C16H18BrNO/c1-3-19-16-7-5-4-6-15(16)18-11-13-9-8-12(2)14(17)10-13/h4-10,18H,3,11H2,1-2H3. The predicted molar refractivity (Wildman–Crippen MR) is 83.8 cm³/mol. The van der Waals surface area contributed by atoms with Gasteiger partial charge in [0.2, 0.25) is 0 Å². The zero-order chi connectivity index (χ0) is 13.7. The maximum atomic E-state index is 5.60. The molecule has 2 aromatic carbocycles. The number of benzene rings is 2. The lowest BCUT2D eigenvalue weighted by Gasteiger charge is -2.12. The third-order valence-electron chi connectivity index (χ3n) is 2.91. The number of anilines is 1. The Morgan fingerprint density at radius 3 is 2.68 bits per heavy atom. The molecule has 0 unspecified atom stereocenters. The van der Waals surface area contributed by atoms with Gasteiger partial charge in [-0.1, -0.05) is 40.2 Å². The van der Waals surface area contributed by atoms with Crippen LogP contribution in [-0.2, 0) is 6.54 Å². The highest BCUT2D eigenvalue weighted by Crippen LogP contribution is 2.25.